The molecule has 1 aromatic carbocycles. The second-order valence-corrected chi connectivity index (χ2v) is 8.15. The lowest BCUT2D eigenvalue weighted by Crippen LogP contribution is -2.45. The van der Waals surface area contributed by atoms with E-state index in [-0.39, 0.29) is 24.8 Å². The van der Waals surface area contributed by atoms with Crippen molar-refractivity contribution in [1.82, 2.24) is 4.31 Å². The second-order valence-electron chi connectivity index (χ2n) is 6.06. The Labute approximate surface area is 154 Å². The SMILES string of the molecule is COCCS(=O)(=O)N1CCCC(C(=O)Nc2cc(OC)ccc2OC)C1. The zero-order valence-electron chi connectivity index (χ0n) is 15.4. The molecule has 0 aromatic heterocycles. The largest absolute Gasteiger partial charge is 0.497 e. The lowest BCUT2D eigenvalue weighted by Gasteiger charge is -2.31. The first-order chi connectivity index (χ1) is 12.4. The number of nitrogens with one attached hydrogen (secondary N) is 1. The van der Waals surface area contributed by atoms with Crippen molar-refractivity contribution in [3.63, 3.8) is 0 Å². The fourth-order valence-corrected chi connectivity index (χ4v) is 4.32. The number of benzene rings is 1. The second kappa shape index (κ2) is 9.20. The van der Waals surface area contributed by atoms with E-state index in [4.69, 9.17) is 14.2 Å². The average Bonchev–Trinajstić information content (AvgIpc) is 2.66. The number of piperidine rings is 1. The van der Waals surface area contributed by atoms with Crippen LogP contribution in [0.15, 0.2) is 18.2 Å². The number of rotatable bonds is 8. The molecule has 26 heavy (non-hydrogen) atoms. The lowest BCUT2D eigenvalue weighted by molar-refractivity contribution is -0.120. The maximum Gasteiger partial charge on any atom is 0.228 e. The van der Waals surface area contributed by atoms with Gasteiger partial charge in [-0.1, -0.05) is 0 Å². The summed E-state index contributed by atoms with van der Waals surface area (Å²) in [6, 6.07) is 5.11. The van der Waals surface area contributed by atoms with Gasteiger partial charge in [-0.25, -0.2) is 12.7 Å². The van der Waals surface area contributed by atoms with Crippen LogP contribution < -0.4 is 14.8 Å². The van der Waals surface area contributed by atoms with E-state index in [1.807, 2.05) is 0 Å². The van der Waals surface area contributed by atoms with Crippen LogP contribution in [0, 0.1) is 5.92 Å². The zero-order valence-corrected chi connectivity index (χ0v) is 16.2. The molecule has 1 aromatic rings. The van der Waals surface area contributed by atoms with E-state index < -0.39 is 15.9 Å². The molecule has 1 heterocycles. The molecule has 1 aliphatic heterocycles. The fraction of sp³-hybridized carbons (Fsp3) is 0.588. The number of ether oxygens (including phenoxy) is 3. The molecule has 1 N–H and O–H groups in total. The minimum Gasteiger partial charge on any atom is -0.497 e. The highest BCUT2D eigenvalue weighted by atomic mass is 32.2. The molecule has 8 nitrogen and oxygen atoms in total. The van der Waals surface area contributed by atoms with Crippen LogP contribution in [-0.4, -0.2) is 65.4 Å². The maximum absolute atomic E-state index is 12.7. The first kappa shape index (κ1) is 20.5. The van der Waals surface area contributed by atoms with Crippen LogP contribution in [0.3, 0.4) is 0 Å². The van der Waals surface area contributed by atoms with E-state index >= 15 is 0 Å². The molecular formula is C17H26N2O6S. The van der Waals surface area contributed by atoms with Gasteiger partial charge in [0, 0.05) is 26.3 Å². The lowest BCUT2D eigenvalue weighted by atomic mass is 9.98. The van der Waals surface area contributed by atoms with Crippen LogP contribution in [0.5, 0.6) is 11.5 Å². The number of hydrogen-bond acceptors (Lipinski definition) is 6. The summed E-state index contributed by atoms with van der Waals surface area (Å²) in [7, 11) is 1.09. The van der Waals surface area contributed by atoms with Crippen molar-refractivity contribution in [1.29, 1.82) is 0 Å². The first-order valence-electron chi connectivity index (χ1n) is 8.41. The predicted molar refractivity (Wildman–Crippen MR) is 98.1 cm³/mol. The van der Waals surface area contributed by atoms with Crippen molar-refractivity contribution >= 4 is 21.6 Å². The van der Waals surface area contributed by atoms with Gasteiger partial charge in [0.2, 0.25) is 15.9 Å². The van der Waals surface area contributed by atoms with Gasteiger partial charge < -0.3 is 19.5 Å². The van der Waals surface area contributed by atoms with Crippen LogP contribution >= 0.6 is 0 Å². The maximum atomic E-state index is 12.7. The molecular weight excluding hydrogens is 360 g/mol. The minimum absolute atomic E-state index is 0.0818. The Morgan fingerprint density at radius 3 is 2.69 bits per heavy atom. The molecule has 0 aliphatic carbocycles. The highest BCUT2D eigenvalue weighted by Crippen LogP contribution is 2.30. The number of carbonyl (C=O) groups is 1. The molecule has 9 heteroatoms. The Hall–Kier alpha value is -1.84. The highest BCUT2D eigenvalue weighted by Gasteiger charge is 2.32. The average molecular weight is 386 g/mol. The van der Waals surface area contributed by atoms with Gasteiger partial charge in [-0.3, -0.25) is 4.79 Å². The Kier molecular flexibility index (Phi) is 7.24. The Balaban J connectivity index is 2.08. The van der Waals surface area contributed by atoms with E-state index in [0.717, 1.165) is 0 Å². The van der Waals surface area contributed by atoms with Gasteiger partial charge in [-0.05, 0) is 25.0 Å². The van der Waals surface area contributed by atoms with Crippen LogP contribution in [0.25, 0.3) is 0 Å². The molecule has 0 radical (unpaired) electrons. The molecule has 2 rings (SSSR count). The third-order valence-corrected chi connectivity index (χ3v) is 6.16. The fourth-order valence-electron chi connectivity index (χ4n) is 2.87. The summed E-state index contributed by atoms with van der Waals surface area (Å²) in [5, 5.41) is 2.83. The quantitative estimate of drug-likeness (QED) is 0.724. The summed E-state index contributed by atoms with van der Waals surface area (Å²) >= 11 is 0. The van der Waals surface area contributed by atoms with Gasteiger partial charge in [-0.2, -0.15) is 0 Å². The monoisotopic (exact) mass is 386 g/mol. The van der Waals surface area contributed by atoms with Gasteiger partial charge in [0.25, 0.3) is 0 Å². The number of amides is 1. The van der Waals surface area contributed by atoms with Crippen molar-refractivity contribution in [2.45, 2.75) is 12.8 Å². The van der Waals surface area contributed by atoms with Gasteiger partial charge in [0.15, 0.2) is 0 Å². The summed E-state index contributed by atoms with van der Waals surface area (Å²) in [6.45, 7) is 0.735. The summed E-state index contributed by atoms with van der Waals surface area (Å²) in [4.78, 5) is 12.7. The molecule has 1 atom stereocenters. The predicted octanol–water partition coefficient (Wildman–Crippen LogP) is 1.33. The Morgan fingerprint density at radius 1 is 1.27 bits per heavy atom. The standard InChI is InChI=1S/C17H26N2O6S/c1-23-9-10-26(21,22)19-8-4-5-13(12-19)17(20)18-15-11-14(24-2)6-7-16(15)25-3/h6-7,11,13H,4-5,8-10,12H2,1-3H3,(H,18,20). The number of anilines is 1. The van der Waals surface area contributed by atoms with Crippen molar-refractivity contribution < 1.29 is 27.4 Å². The normalized spacial score (nSPS) is 18.3. The summed E-state index contributed by atoms with van der Waals surface area (Å²) in [6.07, 6.45) is 1.27. The van der Waals surface area contributed by atoms with E-state index in [2.05, 4.69) is 5.32 Å². The van der Waals surface area contributed by atoms with E-state index in [1.165, 1.54) is 25.6 Å². The summed E-state index contributed by atoms with van der Waals surface area (Å²) in [5.41, 5.74) is 0.496. The third-order valence-electron chi connectivity index (χ3n) is 4.36. The van der Waals surface area contributed by atoms with Crippen molar-refractivity contribution in [2.24, 2.45) is 5.92 Å². The molecule has 0 bridgehead atoms. The van der Waals surface area contributed by atoms with E-state index in [9.17, 15) is 13.2 Å². The van der Waals surface area contributed by atoms with Gasteiger partial charge in [0.1, 0.15) is 11.5 Å². The highest BCUT2D eigenvalue weighted by molar-refractivity contribution is 7.89. The summed E-state index contributed by atoms with van der Waals surface area (Å²) < 4.78 is 41.3. The molecule has 0 saturated carbocycles. The smallest absolute Gasteiger partial charge is 0.228 e. The van der Waals surface area contributed by atoms with Gasteiger partial charge >= 0.3 is 0 Å². The third kappa shape index (κ3) is 5.09. The topological polar surface area (TPSA) is 94.2 Å². The van der Waals surface area contributed by atoms with Gasteiger partial charge in [-0.15, -0.1) is 0 Å². The Bertz CT molecular complexity index is 722. The molecule has 1 aliphatic rings. The van der Waals surface area contributed by atoms with Crippen LogP contribution in [0.1, 0.15) is 12.8 Å². The molecule has 1 unspecified atom stereocenters. The molecule has 1 fully saturated rings. The summed E-state index contributed by atoms with van der Waals surface area (Å²) in [5.74, 6) is 0.370. The zero-order chi connectivity index (χ0) is 19.2. The number of sulfonamides is 1. The number of methoxy groups -OCH3 is 3. The minimum atomic E-state index is -3.42. The van der Waals surface area contributed by atoms with Crippen LogP contribution in [-0.2, 0) is 19.6 Å². The van der Waals surface area contributed by atoms with E-state index in [0.29, 0.717) is 36.6 Å². The number of nitrogens with zero attached hydrogens (tertiary/aromatic N) is 1. The molecule has 0 spiro atoms. The number of carbonyl (C=O) groups excluding carboxylic acids is 1. The van der Waals surface area contributed by atoms with E-state index in [1.54, 1.807) is 18.2 Å². The first-order valence-corrected chi connectivity index (χ1v) is 10.0. The van der Waals surface area contributed by atoms with Crippen LogP contribution in [0.4, 0.5) is 5.69 Å². The molecule has 146 valence electrons. The van der Waals surface area contributed by atoms with Gasteiger partial charge in [0.05, 0.1) is 38.2 Å². The Morgan fingerprint density at radius 2 is 2.04 bits per heavy atom. The number of hydrogen-bond donors (Lipinski definition) is 1. The molecule has 1 saturated heterocycles. The van der Waals surface area contributed by atoms with Crippen molar-refractivity contribution in [3.8, 4) is 11.5 Å². The van der Waals surface area contributed by atoms with Crippen molar-refractivity contribution in [3.05, 3.63) is 18.2 Å². The molecule has 1 amide bonds. The van der Waals surface area contributed by atoms with Crippen molar-refractivity contribution in [2.75, 3.05) is 52.1 Å². The van der Waals surface area contributed by atoms with Crippen LogP contribution in [0.2, 0.25) is 0 Å².